The molecule has 66 valence electrons. The normalized spacial score (nSPS) is 30.2. The zero-order valence-corrected chi connectivity index (χ0v) is 7.98. The SMILES string of the molecule is O=S(O)N1CCCCC1CS. The number of hydrogen-bond acceptors (Lipinski definition) is 2. The zero-order valence-electron chi connectivity index (χ0n) is 6.27. The maximum absolute atomic E-state index is 10.7. The Bertz CT molecular complexity index is 154. The molecule has 0 radical (unpaired) electrons. The van der Waals surface area contributed by atoms with Crippen molar-refractivity contribution in [3.8, 4) is 0 Å². The smallest absolute Gasteiger partial charge is 0.234 e. The molecule has 2 atom stereocenters. The first-order valence-corrected chi connectivity index (χ1v) is 5.44. The topological polar surface area (TPSA) is 40.5 Å². The van der Waals surface area contributed by atoms with Crippen LogP contribution in [0.2, 0.25) is 0 Å². The molecule has 0 saturated carbocycles. The maximum Gasteiger partial charge on any atom is 0.234 e. The molecule has 0 bridgehead atoms. The Kier molecular flexibility index (Phi) is 3.84. The number of piperidine rings is 1. The molecule has 2 unspecified atom stereocenters. The molecule has 1 aliphatic rings. The molecule has 0 aromatic rings. The van der Waals surface area contributed by atoms with Gasteiger partial charge >= 0.3 is 0 Å². The van der Waals surface area contributed by atoms with E-state index in [0.29, 0.717) is 5.75 Å². The summed E-state index contributed by atoms with van der Waals surface area (Å²) in [6.07, 6.45) is 3.17. The quantitative estimate of drug-likeness (QED) is 0.508. The molecule has 0 spiro atoms. The van der Waals surface area contributed by atoms with Crippen LogP contribution in [-0.2, 0) is 11.3 Å². The van der Waals surface area contributed by atoms with E-state index >= 15 is 0 Å². The van der Waals surface area contributed by atoms with Gasteiger partial charge in [0.1, 0.15) is 0 Å². The van der Waals surface area contributed by atoms with Crippen LogP contribution in [0.1, 0.15) is 19.3 Å². The van der Waals surface area contributed by atoms with Crippen LogP contribution in [0.15, 0.2) is 0 Å². The van der Waals surface area contributed by atoms with Crippen LogP contribution in [-0.4, -0.2) is 31.4 Å². The summed E-state index contributed by atoms with van der Waals surface area (Å²) < 4.78 is 21.2. The van der Waals surface area contributed by atoms with E-state index in [-0.39, 0.29) is 6.04 Å². The van der Waals surface area contributed by atoms with Gasteiger partial charge < -0.3 is 0 Å². The second kappa shape index (κ2) is 4.45. The van der Waals surface area contributed by atoms with E-state index in [4.69, 9.17) is 4.55 Å². The van der Waals surface area contributed by atoms with Crippen LogP contribution in [0.25, 0.3) is 0 Å². The van der Waals surface area contributed by atoms with Crippen LogP contribution in [0.4, 0.5) is 0 Å². The van der Waals surface area contributed by atoms with E-state index in [1.165, 1.54) is 0 Å². The Morgan fingerprint density at radius 2 is 2.36 bits per heavy atom. The molecule has 3 nitrogen and oxygen atoms in total. The molecule has 1 aliphatic heterocycles. The largest absolute Gasteiger partial charge is 0.294 e. The third-order valence-corrected chi connectivity index (χ3v) is 3.29. The highest BCUT2D eigenvalue weighted by Gasteiger charge is 2.24. The second-order valence-electron chi connectivity index (χ2n) is 2.70. The number of rotatable bonds is 2. The van der Waals surface area contributed by atoms with Crippen molar-refractivity contribution in [1.29, 1.82) is 0 Å². The average Bonchev–Trinajstić information content (AvgIpc) is 2.04. The first-order valence-electron chi connectivity index (χ1n) is 3.74. The van der Waals surface area contributed by atoms with Crippen molar-refractivity contribution in [2.45, 2.75) is 25.3 Å². The van der Waals surface area contributed by atoms with Crippen LogP contribution in [0.3, 0.4) is 0 Å². The van der Waals surface area contributed by atoms with E-state index in [1.807, 2.05) is 0 Å². The average molecular weight is 195 g/mol. The number of thiol groups is 1. The monoisotopic (exact) mass is 195 g/mol. The predicted molar refractivity (Wildman–Crippen MR) is 49.0 cm³/mol. The van der Waals surface area contributed by atoms with Crippen molar-refractivity contribution < 1.29 is 8.76 Å². The first-order chi connectivity index (χ1) is 5.25. The van der Waals surface area contributed by atoms with Crippen molar-refractivity contribution >= 4 is 23.9 Å². The summed E-state index contributed by atoms with van der Waals surface area (Å²) >= 11 is 2.33. The third kappa shape index (κ3) is 2.43. The van der Waals surface area contributed by atoms with Gasteiger partial charge in [0.05, 0.1) is 0 Å². The lowest BCUT2D eigenvalue weighted by Crippen LogP contribution is -2.41. The van der Waals surface area contributed by atoms with Crippen molar-refractivity contribution in [3.05, 3.63) is 0 Å². The third-order valence-electron chi connectivity index (χ3n) is 1.98. The molecule has 1 rings (SSSR count). The molecule has 1 saturated heterocycles. The Morgan fingerprint density at radius 3 is 2.82 bits per heavy atom. The fourth-order valence-electron chi connectivity index (χ4n) is 1.36. The van der Waals surface area contributed by atoms with Gasteiger partial charge in [0.15, 0.2) is 0 Å². The van der Waals surface area contributed by atoms with Crippen LogP contribution in [0.5, 0.6) is 0 Å². The Morgan fingerprint density at radius 1 is 1.64 bits per heavy atom. The minimum absolute atomic E-state index is 0.193. The van der Waals surface area contributed by atoms with Crippen LogP contribution >= 0.6 is 12.6 Å². The lowest BCUT2D eigenvalue weighted by molar-refractivity contribution is 0.268. The van der Waals surface area contributed by atoms with E-state index in [2.05, 4.69) is 12.6 Å². The summed E-state index contributed by atoms with van der Waals surface area (Å²) in [7, 11) is 0. The first kappa shape index (κ1) is 9.51. The fraction of sp³-hybridized carbons (Fsp3) is 1.00. The van der Waals surface area contributed by atoms with Gasteiger partial charge in [0.2, 0.25) is 11.3 Å². The lowest BCUT2D eigenvalue weighted by atomic mass is 10.1. The van der Waals surface area contributed by atoms with E-state index < -0.39 is 11.3 Å². The van der Waals surface area contributed by atoms with E-state index in [0.717, 1.165) is 25.8 Å². The van der Waals surface area contributed by atoms with Crippen LogP contribution < -0.4 is 0 Å². The van der Waals surface area contributed by atoms with Crippen molar-refractivity contribution in [3.63, 3.8) is 0 Å². The highest BCUT2D eigenvalue weighted by atomic mass is 32.2. The fourth-order valence-corrected chi connectivity index (χ4v) is 2.57. The van der Waals surface area contributed by atoms with Gasteiger partial charge in [-0.15, -0.1) is 0 Å². The highest BCUT2D eigenvalue weighted by molar-refractivity contribution is 7.80. The summed E-state index contributed by atoms with van der Waals surface area (Å²) in [6.45, 7) is 0.730. The molecule has 5 heteroatoms. The van der Waals surface area contributed by atoms with Gasteiger partial charge in [0, 0.05) is 18.3 Å². The molecule has 1 N–H and O–H groups in total. The Balaban J connectivity index is 2.51. The number of nitrogens with zero attached hydrogens (tertiary/aromatic N) is 1. The molecule has 1 fully saturated rings. The summed E-state index contributed by atoms with van der Waals surface area (Å²) in [5.41, 5.74) is 0. The molecule has 0 aromatic heterocycles. The number of hydrogen-bond donors (Lipinski definition) is 2. The van der Waals surface area contributed by atoms with Gasteiger partial charge in [-0.2, -0.15) is 16.9 Å². The maximum atomic E-state index is 10.7. The lowest BCUT2D eigenvalue weighted by Gasteiger charge is -2.30. The molecule has 1 heterocycles. The molecule has 11 heavy (non-hydrogen) atoms. The molecular formula is C6H13NO2S2. The second-order valence-corrected chi connectivity index (χ2v) is 4.00. The summed E-state index contributed by atoms with van der Waals surface area (Å²) in [5.74, 6) is 0.673. The molecular weight excluding hydrogens is 182 g/mol. The molecule has 0 aromatic carbocycles. The summed E-state index contributed by atoms with van der Waals surface area (Å²) in [5, 5.41) is 0. The van der Waals surface area contributed by atoms with Crippen LogP contribution in [0, 0.1) is 0 Å². The summed E-state index contributed by atoms with van der Waals surface area (Å²) in [6, 6.07) is 0.193. The van der Waals surface area contributed by atoms with Crippen molar-refractivity contribution in [1.82, 2.24) is 4.31 Å². The summed E-state index contributed by atoms with van der Waals surface area (Å²) in [4.78, 5) is 0. The minimum atomic E-state index is -1.80. The Hall–Kier alpha value is 0.420. The van der Waals surface area contributed by atoms with Gasteiger partial charge in [-0.1, -0.05) is 6.42 Å². The van der Waals surface area contributed by atoms with Crippen molar-refractivity contribution in [2.24, 2.45) is 0 Å². The molecule has 0 aliphatic carbocycles. The standard InChI is InChI=1S/C6H13NO2S2/c8-11(9)7-4-2-1-3-6(7)5-10/h6,10H,1-5H2,(H,8,9). The van der Waals surface area contributed by atoms with Gasteiger partial charge in [-0.05, 0) is 12.8 Å². The minimum Gasteiger partial charge on any atom is -0.294 e. The zero-order chi connectivity index (χ0) is 8.27. The van der Waals surface area contributed by atoms with E-state index in [9.17, 15) is 4.21 Å². The van der Waals surface area contributed by atoms with Gasteiger partial charge in [-0.25, -0.2) is 4.21 Å². The Labute approximate surface area is 75.0 Å². The van der Waals surface area contributed by atoms with Gasteiger partial charge in [-0.3, -0.25) is 4.55 Å². The highest BCUT2D eigenvalue weighted by Crippen LogP contribution is 2.18. The molecule has 0 amide bonds. The van der Waals surface area contributed by atoms with Gasteiger partial charge in [0.25, 0.3) is 0 Å². The van der Waals surface area contributed by atoms with Crippen molar-refractivity contribution in [2.75, 3.05) is 12.3 Å². The van der Waals surface area contributed by atoms with E-state index in [1.54, 1.807) is 4.31 Å². The predicted octanol–water partition coefficient (Wildman–Crippen LogP) is 0.907.